The van der Waals surface area contributed by atoms with Gasteiger partial charge in [0.05, 0.1) is 24.4 Å². The van der Waals surface area contributed by atoms with Crippen molar-refractivity contribution in [3.63, 3.8) is 0 Å². The molecule has 7 heteroatoms. The van der Waals surface area contributed by atoms with E-state index in [1.54, 1.807) is 13.3 Å². The van der Waals surface area contributed by atoms with Gasteiger partial charge < -0.3 is 19.4 Å². The Balaban J connectivity index is 1.50. The first-order valence-corrected chi connectivity index (χ1v) is 9.79. The minimum absolute atomic E-state index is 0.00139. The van der Waals surface area contributed by atoms with Crippen LogP contribution in [-0.4, -0.2) is 72.6 Å². The van der Waals surface area contributed by atoms with Gasteiger partial charge in [-0.05, 0) is 38.1 Å². The zero-order valence-corrected chi connectivity index (χ0v) is 16.8. The first-order chi connectivity index (χ1) is 13.6. The number of carbonyl (C=O) groups excluding carboxylic acids is 1. The zero-order valence-electron chi connectivity index (χ0n) is 16.8. The van der Waals surface area contributed by atoms with Gasteiger partial charge in [0.1, 0.15) is 5.75 Å². The van der Waals surface area contributed by atoms with Gasteiger partial charge in [0.25, 0.3) is 5.91 Å². The fourth-order valence-electron chi connectivity index (χ4n) is 3.80. The van der Waals surface area contributed by atoms with Crippen LogP contribution in [0.2, 0.25) is 0 Å². The molecule has 1 atom stereocenters. The summed E-state index contributed by atoms with van der Waals surface area (Å²) in [7, 11) is 3.78. The van der Waals surface area contributed by atoms with Crippen molar-refractivity contribution in [2.45, 2.75) is 19.4 Å². The molecule has 0 aliphatic carbocycles. The van der Waals surface area contributed by atoms with Crippen LogP contribution < -0.4 is 9.64 Å². The molecule has 2 aliphatic heterocycles. The Kier molecular flexibility index (Phi) is 5.17. The third-order valence-electron chi connectivity index (χ3n) is 5.74. The summed E-state index contributed by atoms with van der Waals surface area (Å²) in [6.07, 6.45) is 2.65. The van der Waals surface area contributed by atoms with E-state index in [4.69, 9.17) is 4.74 Å². The molecule has 0 bridgehead atoms. The van der Waals surface area contributed by atoms with E-state index in [1.165, 1.54) is 0 Å². The van der Waals surface area contributed by atoms with Crippen molar-refractivity contribution < 1.29 is 9.53 Å². The van der Waals surface area contributed by atoms with Crippen LogP contribution in [0.5, 0.6) is 5.75 Å². The number of ether oxygens (including phenoxy) is 1. The van der Waals surface area contributed by atoms with Crippen molar-refractivity contribution in [1.29, 1.82) is 0 Å². The number of aryl methyl sites for hydroxylation is 1. The number of hydrogen-bond acceptors (Lipinski definition) is 6. The number of anilines is 1. The summed E-state index contributed by atoms with van der Waals surface area (Å²) < 4.78 is 5.32. The number of likely N-dealkylation sites (N-methyl/N-ethyl adjacent to an activating group) is 1. The lowest BCUT2D eigenvalue weighted by molar-refractivity contribution is 0.0458. The van der Waals surface area contributed by atoms with E-state index >= 15 is 0 Å². The summed E-state index contributed by atoms with van der Waals surface area (Å²) >= 11 is 0. The van der Waals surface area contributed by atoms with E-state index in [0.29, 0.717) is 5.56 Å². The van der Waals surface area contributed by atoms with E-state index < -0.39 is 0 Å². The van der Waals surface area contributed by atoms with Crippen molar-refractivity contribution in [3.8, 4) is 5.75 Å². The first-order valence-electron chi connectivity index (χ1n) is 9.79. The minimum atomic E-state index is 0.00139. The molecule has 2 aliphatic rings. The predicted molar refractivity (Wildman–Crippen MR) is 108 cm³/mol. The van der Waals surface area contributed by atoms with Gasteiger partial charge in [-0.25, -0.2) is 9.97 Å². The zero-order chi connectivity index (χ0) is 19.7. The number of nitrogens with zero attached hydrogens (tertiary/aromatic N) is 5. The van der Waals surface area contributed by atoms with Crippen LogP contribution in [0, 0.1) is 6.92 Å². The quantitative estimate of drug-likeness (QED) is 0.809. The van der Waals surface area contributed by atoms with E-state index in [1.807, 2.05) is 36.1 Å². The second-order valence-corrected chi connectivity index (χ2v) is 7.54. The molecule has 1 aromatic carbocycles. The number of amides is 1. The number of rotatable bonds is 4. The highest BCUT2D eigenvalue weighted by molar-refractivity contribution is 5.95. The summed E-state index contributed by atoms with van der Waals surface area (Å²) in [4.78, 5) is 28.6. The number of methoxy groups -OCH3 is 1. The lowest BCUT2D eigenvalue weighted by Gasteiger charge is -2.41. The normalized spacial score (nSPS) is 20.0. The van der Waals surface area contributed by atoms with Crippen LogP contribution in [0.4, 0.5) is 5.95 Å². The molecule has 4 rings (SSSR count). The average Bonchev–Trinajstić information content (AvgIpc) is 2.67. The fraction of sp³-hybridized carbons (Fsp3) is 0.476. The van der Waals surface area contributed by atoms with Crippen molar-refractivity contribution in [1.82, 2.24) is 19.8 Å². The molecule has 2 saturated heterocycles. The SMILES string of the molecule is COc1cccc(C2CCN2C(=O)c2cnc(N3CCN(C)CC3)nc2C)c1. The Morgan fingerprint density at radius 3 is 2.61 bits per heavy atom. The van der Waals surface area contributed by atoms with Crippen LogP contribution in [-0.2, 0) is 0 Å². The largest absolute Gasteiger partial charge is 0.497 e. The standard InChI is InChI=1S/C21H27N5O2/c1-15-18(14-22-21(23-15)25-11-9-24(2)10-12-25)20(27)26-8-7-19(26)16-5-4-6-17(13-16)28-3/h4-6,13-14,19H,7-12H2,1-3H3. The number of hydrogen-bond donors (Lipinski definition) is 0. The molecular formula is C21H27N5O2. The van der Waals surface area contributed by atoms with Gasteiger partial charge in [0.2, 0.25) is 5.95 Å². The van der Waals surface area contributed by atoms with Gasteiger partial charge in [0, 0.05) is 38.9 Å². The second kappa shape index (κ2) is 7.75. The Bertz CT molecular complexity index is 864. The maximum atomic E-state index is 13.1. The molecule has 2 fully saturated rings. The molecule has 0 radical (unpaired) electrons. The summed E-state index contributed by atoms with van der Waals surface area (Å²) in [6, 6.07) is 8.02. The summed E-state index contributed by atoms with van der Waals surface area (Å²) in [5.41, 5.74) is 2.43. The van der Waals surface area contributed by atoms with E-state index in [-0.39, 0.29) is 11.9 Å². The lowest BCUT2D eigenvalue weighted by atomic mass is 9.93. The fourth-order valence-corrected chi connectivity index (χ4v) is 3.80. The van der Waals surface area contributed by atoms with Crippen molar-refractivity contribution in [3.05, 3.63) is 47.3 Å². The van der Waals surface area contributed by atoms with Crippen molar-refractivity contribution in [2.75, 3.05) is 51.8 Å². The molecule has 1 aromatic heterocycles. The maximum Gasteiger partial charge on any atom is 0.257 e. The van der Waals surface area contributed by atoms with Crippen LogP contribution in [0.25, 0.3) is 0 Å². The van der Waals surface area contributed by atoms with E-state index in [9.17, 15) is 4.79 Å². The third kappa shape index (κ3) is 3.54. The molecule has 28 heavy (non-hydrogen) atoms. The first kappa shape index (κ1) is 18.7. The monoisotopic (exact) mass is 381 g/mol. The van der Waals surface area contributed by atoms with Crippen LogP contribution in [0.3, 0.4) is 0 Å². The Morgan fingerprint density at radius 2 is 1.96 bits per heavy atom. The van der Waals surface area contributed by atoms with Gasteiger partial charge >= 0.3 is 0 Å². The summed E-state index contributed by atoms with van der Waals surface area (Å²) in [5.74, 6) is 1.53. The van der Waals surface area contributed by atoms with E-state index in [0.717, 1.165) is 62.1 Å². The Hall–Kier alpha value is -2.67. The van der Waals surface area contributed by atoms with Crippen LogP contribution in [0.15, 0.2) is 30.5 Å². The summed E-state index contributed by atoms with van der Waals surface area (Å²) in [5, 5.41) is 0. The number of carbonyl (C=O) groups is 1. The molecule has 1 unspecified atom stereocenters. The maximum absolute atomic E-state index is 13.1. The van der Waals surface area contributed by atoms with Gasteiger partial charge in [-0.3, -0.25) is 4.79 Å². The van der Waals surface area contributed by atoms with Gasteiger partial charge in [-0.15, -0.1) is 0 Å². The third-order valence-corrected chi connectivity index (χ3v) is 5.74. The number of piperazine rings is 1. The molecule has 0 N–H and O–H groups in total. The molecule has 1 amide bonds. The average molecular weight is 381 g/mol. The molecule has 3 heterocycles. The molecule has 2 aromatic rings. The highest BCUT2D eigenvalue weighted by Crippen LogP contribution is 2.36. The van der Waals surface area contributed by atoms with Gasteiger partial charge in [-0.1, -0.05) is 12.1 Å². The van der Waals surface area contributed by atoms with Gasteiger partial charge in [-0.2, -0.15) is 0 Å². The highest BCUT2D eigenvalue weighted by Gasteiger charge is 2.35. The number of aromatic nitrogens is 2. The number of likely N-dealkylation sites (tertiary alicyclic amines) is 1. The Labute approximate surface area is 165 Å². The molecule has 148 valence electrons. The van der Waals surface area contributed by atoms with Crippen molar-refractivity contribution >= 4 is 11.9 Å². The van der Waals surface area contributed by atoms with E-state index in [2.05, 4.69) is 26.8 Å². The van der Waals surface area contributed by atoms with Gasteiger partial charge in [0.15, 0.2) is 0 Å². The lowest BCUT2D eigenvalue weighted by Crippen LogP contribution is -2.46. The molecule has 0 saturated carbocycles. The number of benzene rings is 1. The topological polar surface area (TPSA) is 61.8 Å². The molecule has 7 nitrogen and oxygen atoms in total. The van der Waals surface area contributed by atoms with Crippen molar-refractivity contribution in [2.24, 2.45) is 0 Å². The Morgan fingerprint density at radius 1 is 1.18 bits per heavy atom. The minimum Gasteiger partial charge on any atom is -0.497 e. The predicted octanol–water partition coefficient (Wildman–Crippen LogP) is 2.13. The van der Waals surface area contributed by atoms with Crippen LogP contribution >= 0.6 is 0 Å². The second-order valence-electron chi connectivity index (χ2n) is 7.54. The molecule has 0 spiro atoms. The summed E-state index contributed by atoms with van der Waals surface area (Å²) in [6.45, 7) is 6.47. The highest BCUT2D eigenvalue weighted by atomic mass is 16.5. The van der Waals surface area contributed by atoms with Crippen LogP contribution in [0.1, 0.15) is 34.1 Å². The molecular weight excluding hydrogens is 354 g/mol. The smallest absolute Gasteiger partial charge is 0.257 e.